The minimum atomic E-state index is -0.881. The molecule has 0 bridgehead atoms. The first-order chi connectivity index (χ1) is 14.4. The Morgan fingerprint density at radius 2 is 1.90 bits per heavy atom. The van der Waals surface area contributed by atoms with Crippen LogP contribution in [0.4, 0.5) is 0 Å². The molecule has 3 aromatic heterocycles. The Kier molecular flexibility index (Phi) is 5.62. The van der Waals surface area contributed by atoms with Crippen molar-refractivity contribution in [3.63, 3.8) is 0 Å². The molecule has 30 heavy (non-hydrogen) atoms. The molecule has 0 spiro atoms. The van der Waals surface area contributed by atoms with Crippen molar-refractivity contribution in [3.05, 3.63) is 59.2 Å². The number of carbonyl (C=O) groups is 1. The fraction of sp³-hybridized carbons (Fsp3) is 0.417. The summed E-state index contributed by atoms with van der Waals surface area (Å²) in [5.41, 5.74) is 6.15. The lowest BCUT2D eigenvalue weighted by Crippen LogP contribution is -2.47. The van der Waals surface area contributed by atoms with Gasteiger partial charge in [-0.15, -0.1) is 0 Å². The molecule has 158 valence electrons. The maximum absolute atomic E-state index is 12.1. The Bertz CT molecular complexity index is 1060. The van der Waals surface area contributed by atoms with Gasteiger partial charge in [0.1, 0.15) is 0 Å². The molecule has 1 unspecified atom stereocenters. The summed E-state index contributed by atoms with van der Waals surface area (Å²) in [4.78, 5) is 21.4. The zero-order valence-corrected chi connectivity index (χ0v) is 18.2. The van der Waals surface area contributed by atoms with Crippen LogP contribution in [0.5, 0.6) is 0 Å². The molecule has 6 nitrogen and oxygen atoms in total. The lowest BCUT2D eigenvalue weighted by molar-refractivity contribution is 0.0695. The van der Waals surface area contributed by atoms with Gasteiger partial charge in [0.15, 0.2) is 0 Å². The number of carboxylic acid groups (broad SMARTS) is 1. The summed E-state index contributed by atoms with van der Waals surface area (Å²) < 4.78 is 2.17. The van der Waals surface area contributed by atoms with E-state index in [1.807, 2.05) is 32.2 Å². The molecule has 3 aromatic rings. The number of hydrogen-bond donors (Lipinski definition) is 1. The van der Waals surface area contributed by atoms with E-state index in [0.717, 1.165) is 66.3 Å². The van der Waals surface area contributed by atoms with E-state index in [2.05, 4.69) is 45.3 Å². The van der Waals surface area contributed by atoms with Gasteiger partial charge in [0.05, 0.1) is 11.1 Å². The molecule has 0 aliphatic carbocycles. The molecular formula is C24H30N4O2. The van der Waals surface area contributed by atoms with Crippen molar-refractivity contribution < 1.29 is 9.90 Å². The lowest BCUT2D eigenvalue weighted by atomic mass is 9.99. The predicted molar refractivity (Wildman–Crippen MR) is 119 cm³/mol. The van der Waals surface area contributed by atoms with E-state index >= 15 is 0 Å². The third kappa shape index (κ3) is 3.61. The summed E-state index contributed by atoms with van der Waals surface area (Å²) in [7, 11) is 0. The highest BCUT2D eigenvalue weighted by atomic mass is 16.4. The van der Waals surface area contributed by atoms with Gasteiger partial charge in [-0.25, -0.2) is 4.79 Å². The van der Waals surface area contributed by atoms with E-state index in [1.165, 1.54) is 0 Å². The first kappa shape index (κ1) is 20.6. The molecule has 1 saturated heterocycles. The zero-order valence-electron chi connectivity index (χ0n) is 18.2. The Hall–Kier alpha value is -2.70. The number of fused-ring (bicyclic) bond motifs is 1. The fourth-order valence-corrected chi connectivity index (χ4v) is 4.61. The number of aryl methyl sites for hydroxylation is 1. The first-order valence-corrected chi connectivity index (χ1v) is 10.7. The van der Waals surface area contributed by atoms with Crippen LogP contribution >= 0.6 is 0 Å². The summed E-state index contributed by atoms with van der Waals surface area (Å²) in [6.45, 7) is 13.4. The molecule has 0 aromatic carbocycles. The van der Waals surface area contributed by atoms with E-state index in [4.69, 9.17) is 0 Å². The Balaban J connectivity index is 1.83. The minimum absolute atomic E-state index is 0.127. The van der Waals surface area contributed by atoms with Gasteiger partial charge in [0.25, 0.3) is 0 Å². The highest BCUT2D eigenvalue weighted by Gasteiger charge is 2.27. The van der Waals surface area contributed by atoms with Crippen molar-refractivity contribution in [2.24, 2.45) is 0 Å². The number of piperazine rings is 1. The molecular weight excluding hydrogens is 376 g/mol. The van der Waals surface area contributed by atoms with Crippen molar-refractivity contribution in [1.82, 2.24) is 19.2 Å². The molecule has 1 fully saturated rings. The molecule has 0 amide bonds. The number of aromatic nitrogens is 2. The van der Waals surface area contributed by atoms with Crippen molar-refractivity contribution in [3.8, 4) is 11.1 Å². The molecule has 6 heteroatoms. The van der Waals surface area contributed by atoms with Gasteiger partial charge in [0.2, 0.25) is 0 Å². The van der Waals surface area contributed by atoms with Gasteiger partial charge in [-0.3, -0.25) is 9.88 Å². The number of pyridine rings is 2. The second-order valence-corrected chi connectivity index (χ2v) is 8.19. The highest BCUT2D eigenvalue weighted by Crippen LogP contribution is 2.33. The van der Waals surface area contributed by atoms with Crippen molar-refractivity contribution in [2.45, 2.75) is 33.7 Å². The zero-order chi connectivity index (χ0) is 21.4. The topological polar surface area (TPSA) is 61.1 Å². The summed E-state index contributed by atoms with van der Waals surface area (Å²) >= 11 is 0. The SMILES string of the molecule is CCN1CCN(C(C)c2c(C)c(C(=O)O)cc3c(-c4ccc(C)nc4)ccn23)CC1. The van der Waals surface area contributed by atoms with Crippen LogP contribution < -0.4 is 0 Å². The van der Waals surface area contributed by atoms with Crippen LogP contribution in [0.3, 0.4) is 0 Å². The largest absolute Gasteiger partial charge is 0.478 e. The van der Waals surface area contributed by atoms with Crippen molar-refractivity contribution in [2.75, 3.05) is 32.7 Å². The van der Waals surface area contributed by atoms with Crippen LogP contribution in [0.15, 0.2) is 36.7 Å². The first-order valence-electron chi connectivity index (χ1n) is 10.7. The van der Waals surface area contributed by atoms with E-state index in [9.17, 15) is 9.90 Å². The second kappa shape index (κ2) is 8.20. The monoisotopic (exact) mass is 406 g/mol. The highest BCUT2D eigenvalue weighted by molar-refractivity contribution is 5.94. The standard InChI is InChI=1S/C24H30N4O2/c1-5-26-10-12-27(13-11-26)18(4)23-17(3)21(24(29)30)14-22-20(8-9-28(22)23)19-7-6-16(2)25-15-19/h6-9,14-15,18H,5,10-13H2,1-4H3,(H,29,30). The quantitative estimate of drug-likeness (QED) is 0.694. The molecule has 1 aliphatic heterocycles. The average molecular weight is 407 g/mol. The van der Waals surface area contributed by atoms with E-state index in [-0.39, 0.29) is 6.04 Å². The summed E-state index contributed by atoms with van der Waals surface area (Å²) in [6.07, 6.45) is 3.93. The maximum Gasteiger partial charge on any atom is 0.336 e. The van der Waals surface area contributed by atoms with Crippen molar-refractivity contribution >= 4 is 11.5 Å². The lowest BCUT2D eigenvalue weighted by Gasteiger charge is -2.38. The second-order valence-electron chi connectivity index (χ2n) is 8.19. The molecule has 1 aliphatic rings. The molecule has 4 rings (SSSR count). The van der Waals surface area contributed by atoms with Gasteiger partial charge in [-0.05, 0) is 51.1 Å². The summed E-state index contributed by atoms with van der Waals surface area (Å²) in [6, 6.07) is 8.03. The maximum atomic E-state index is 12.1. The van der Waals surface area contributed by atoms with Crippen LogP contribution in [0.25, 0.3) is 16.6 Å². The summed E-state index contributed by atoms with van der Waals surface area (Å²) in [5.74, 6) is -0.881. The van der Waals surface area contributed by atoms with Gasteiger partial charge in [-0.1, -0.05) is 13.0 Å². The number of aromatic carboxylic acids is 1. The van der Waals surface area contributed by atoms with Gasteiger partial charge >= 0.3 is 5.97 Å². The smallest absolute Gasteiger partial charge is 0.336 e. The molecule has 0 saturated carbocycles. The van der Waals surface area contributed by atoms with Gasteiger partial charge in [0, 0.05) is 67.1 Å². The van der Waals surface area contributed by atoms with Crippen LogP contribution in [0, 0.1) is 13.8 Å². The average Bonchev–Trinajstić information content (AvgIpc) is 3.16. The molecule has 0 radical (unpaired) electrons. The third-order valence-electron chi connectivity index (χ3n) is 6.50. The van der Waals surface area contributed by atoms with E-state index < -0.39 is 5.97 Å². The van der Waals surface area contributed by atoms with E-state index in [0.29, 0.717) is 5.56 Å². The fourth-order valence-electron chi connectivity index (χ4n) is 4.61. The van der Waals surface area contributed by atoms with Crippen LogP contribution in [0.1, 0.15) is 47.2 Å². The Labute approximate surface area is 177 Å². The van der Waals surface area contributed by atoms with Gasteiger partial charge < -0.3 is 14.4 Å². The van der Waals surface area contributed by atoms with Crippen LogP contribution in [-0.4, -0.2) is 63.0 Å². The minimum Gasteiger partial charge on any atom is -0.478 e. The Morgan fingerprint density at radius 3 is 2.50 bits per heavy atom. The number of rotatable bonds is 5. The van der Waals surface area contributed by atoms with E-state index in [1.54, 1.807) is 6.07 Å². The number of carboxylic acids is 1. The summed E-state index contributed by atoms with van der Waals surface area (Å²) in [5, 5.41) is 9.90. The molecule has 4 heterocycles. The van der Waals surface area contributed by atoms with Crippen LogP contribution in [0.2, 0.25) is 0 Å². The molecule has 1 N–H and O–H groups in total. The van der Waals surface area contributed by atoms with Crippen molar-refractivity contribution in [1.29, 1.82) is 0 Å². The predicted octanol–water partition coefficient (Wildman–Crippen LogP) is 4.01. The number of likely N-dealkylation sites (N-methyl/N-ethyl adjacent to an activating group) is 1. The number of nitrogens with zero attached hydrogens (tertiary/aromatic N) is 4. The third-order valence-corrected chi connectivity index (χ3v) is 6.50. The van der Waals surface area contributed by atoms with Crippen LogP contribution in [-0.2, 0) is 0 Å². The van der Waals surface area contributed by atoms with Gasteiger partial charge in [-0.2, -0.15) is 0 Å². The number of hydrogen-bond acceptors (Lipinski definition) is 4. The molecule has 1 atom stereocenters. The Morgan fingerprint density at radius 1 is 1.17 bits per heavy atom. The normalized spacial score (nSPS) is 16.8.